The predicted octanol–water partition coefficient (Wildman–Crippen LogP) is 4.11. The van der Waals surface area contributed by atoms with E-state index in [2.05, 4.69) is 15.9 Å². The molecule has 39 heavy (non-hydrogen) atoms. The first kappa shape index (κ1) is 33.6. The molecule has 0 N–H and O–H groups in total. The Labute approximate surface area is 248 Å². The van der Waals surface area contributed by atoms with Crippen LogP contribution in [0.5, 0.6) is 0 Å². The summed E-state index contributed by atoms with van der Waals surface area (Å²) < 4.78 is 19.7. The third kappa shape index (κ3) is 9.18. The van der Waals surface area contributed by atoms with Gasteiger partial charge >= 0.3 is 5.97 Å². The Morgan fingerprint density at radius 2 is 1.87 bits per heavy atom. The molecule has 1 amide bonds. The van der Waals surface area contributed by atoms with Gasteiger partial charge in [-0.2, -0.15) is 12.6 Å². The standard InChI is InChI=1S/C28H38FN3O4S.2ClH/c1-2-36-26(34)8-5-13-30-16-17-31(25(33)19-30)14-11-21-18-32(15-12-24(21)37)27(28(35)20-9-10-20)22-6-3-4-7-23(22)29;;/h3-4,6-7,11,20,24,27,37H,2,5,8-10,12-19H2,1H3;2*1H/b21-11-;;. The quantitative estimate of drug-likeness (QED) is 0.233. The van der Waals surface area contributed by atoms with E-state index in [0.29, 0.717) is 64.3 Å². The molecular formula is C28H40Cl2FN3O4S. The third-order valence-electron chi connectivity index (χ3n) is 7.45. The largest absolute Gasteiger partial charge is 0.466 e. The number of piperazine rings is 1. The minimum atomic E-state index is -0.585. The molecule has 11 heteroatoms. The molecule has 7 nitrogen and oxygen atoms in total. The van der Waals surface area contributed by atoms with Crippen molar-refractivity contribution in [1.29, 1.82) is 0 Å². The molecule has 2 aliphatic heterocycles. The molecule has 1 aromatic rings. The van der Waals surface area contributed by atoms with Crippen molar-refractivity contribution < 1.29 is 23.5 Å². The number of piperidine rings is 1. The van der Waals surface area contributed by atoms with Crippen LogP contribution in [-0.4, -0.2) is 90.0 Å². The number of halogens is 3. The lowest BCUT2D eigenvalue weighted by atomic mass is 9.93. The average molecular weight is 605 g/mol. The molecule has 3 fully saturated rings. The van der Waals surface area contributed by atoms with Crippen LogP contribution in [-0.2, 0) is 19.1 Å². The number of esters is 1. The minimum absolute atomic E-state index is 0. The monoisotopic (exact) mass is 603 g/mol. The number of hydrogen-bond donors (Lipinski definition) is 1. The third-order valence-corrected chi connectivity index (χ3v) is 8.04. The number of rotatable bonds is 11. The van der Waals surface area contributed by atoms with Crippen molar-refractivity contribution in [3.05, 3.63) is 47.3 Å². The topological polar surface area (TPSA) is 70.2 Å². The normalized spacial score (nSPS) is 22.1. The number of Topliss-reactive ketones (excluding diaryl/α,β-unsaturated/α-hetero) is 1. The van der Waals surface area contributed by atoms with E-state index in [-0.39, 0.29) is 59.5 Å². The van der Waals surface area contributed by atoms with Crippen molar-refractivity contribution in [3.63, 3.8) is 0 Å². The maximum absolute atomic E-state index is 14.8. The van der Waals surface area contributed by atoms with Gasteiger partial charge < -0.3 is 9.64 Å². The van der Waals surface area contributed by atoms with Gasteiger partial charge in [-0.3, -0.25) is 24.2 Å². The molecular weight excluding hydrogens is 564 g/mol. The fourth-order valence-electron chi connectivity index (χ4n) is 5.18. The lowest BCUT2D eigenvalue weighted by Crippen LogP contribution is -2.50. The summed E-state index contributed by atoms with van der Waals surface area (Å²) in [4.78, 5) is 43.6. The second-order valence-electron chi connectivity index (χ2n) is 10.2. The average Bonchev–Trinajstić information content (AvgIpc) is 3.72. The van der Waals surface area contributed by atoms with Crippen molar-refractivity contribution in [2.24, 2.45) is 5.92 Å². The summed E-state index contributed by atoms with van der Waals surface area (Å²) >= 11 is 4.78. The Kier molecular flexibility index (Phi) is 13.7. The number of thiol groups is 1. The molecule has 0 aromatic heterocycles. The zero-order chi connectivity index (χ0) is 26.4. The summed E-state index contributed by atoms with van der Waals surface area (Å²) in [7, 11) is 0. The first-order valence-corrected chi connectivity index (χ1v) is 13.9. The molecule has 2 saturated heterocycles. The van der Waals surface area contributed by atoms with E-state index in [1.807, 2.05) is 4.90 Å². The van der Waals surface area contributed by atoms with E-state index in [9.17, 15) is 18.8 Å². The molecule has 1 aliphatic carbocycles. The number of benzene rings is 1. The molecule has 0 spiro atoms. The molecule has 0 radical (unpaired) electrons. The second kappa shape index (κ2) is 16.0. The van der Waals surface area contributed by atoms with E-state index in [1.54, 1.807) is 25.1 Å². The molecule has 2 atom stereocenters. The van der Waals surface area contributed by atoms with Crippen LogP contribution < -0.4 is 0 Å². The van der Waals surface area contributed by atoms with Gasteiger partial charge in [0.2, 0.25) is 5.91 Å². The fourth-order valence-corrected chi connectivity index (χ4v) is 5.48. The Morgan fingerprint density at radius 1 is 1.13 bits per heavy atom. The second-order valence-corrected chi connectivity index (χ2v) is 10.8. The Bertz CT molecular complexity index is 1030. The summed E-state index contributed by atoms with van der Waals surface area (Å²) in [5, 5.41) is 0.0489. The van der Waals surface area contributed by atoms with Gasteiger partial charge in [-0.05, 0) is 50.8 Å². The number of hydrogen-bond acceptors (Lipinski definition) is 7. The summed E-state index contributed by atoms with van der Waals surface area (Å²) in [5.74, 6) is -0.340. The van der Waals surface area contributed by atoms with Crippen molar-refractivity contribution in [1.82, 2.24) is 14.7 Å². The van der Waals surface area contributed by atoms with Crippen LogP contribution in [0, 0.1) is 11.7 Å². The van der Waals surface area contributed by atoms with E-state index in [4.69, 9.17) is 17.4 Å². The van der Waals surface area contributed by atoms with Crippen molar-refractivity contribution in [2.45, 2.75) is 50.3 Å². The first-order chi connectivity index (χ1) is 17.9. The van der Waals surface area contributed by atoms with E-state index >= 15 is 0 Å². The van der Waals surface area contributed by atoms with Gasteiger partial charge in [0.05, 0.1) is 19.2 Å². The molecule has 218 valence electrons. The number of ether oxygens (including phenoxy) is 1. The highest BCUT2D eigenvalue weighted by molar-refractivity contribution is 7.81. The minimum Gasteiger partial charge on any atom is -0.466 e. The van der Waals surface area contributed by atoms with Gasteiger partial charge in [-0.15, -0.1) is 24.8 Å². The Balaban J connectivity index is 0.00000267. The van der Waals surface area contributed by atoms with Gasteiger partial charge in [0.15, 0.2) is 5.78 Å². The van der Waals surface area contributed by atoms with Gasteiger partial charge in [-0.25, -0.2) is 4.39 Å². The van der Waals surface area contributed by atoms with Crippen LogP contribution in [0.4, 0.5) is 4.39 Å². The van der Waals surface area contributed by atoms with Crippen LogP contribution >= 0.6 is 37.4 Å². The number of nitrogens with zero attached hydrogens (tertiary/aromatic N) is 3. The van der Waals surface area contributed by atoms with Gasteiger partial charge in [-0.1, -0.05) is 24.3 Å². The summed E-state index contributed by atoms with van der Waals surface area (Å²) in [6, 6.07) is 6.00. The number of likely N-dealkylation sites (tertiary alicyclic amines) is 1. The SMILES string of the molecule is CCOC(=O)CCCN1CCN(C/C=C2/CN(C(C(=O)C3CC3)c3ccccc3F)CCC2S)C(=O)C1.Cl.Cl. The molecule has 1 aromatic carbocycles. The van der Waals surface area contributed by atoms with Crippen molar-refractivity contribution >= 4 is 55.1 Å². The first-order valence-electron chi connectivity index (χ1n) is 13.4. The lowest BCUT2D eigenvalue weighted by molar-refractivity contribution is -0.143. The Hall–Kier alpha value is -1.65. The zero-order valence-corrected chi connectivity index (χ0v) is 25.0. The highest BCUT2D eigenvalue weighted by Crippen LogP contribution is 2.39. The summed E-state index contributed by atoms with van der Waals surface area (Å²) in [5.41, 5.74) is 1.52. The fraction of sp³-hybridized carbons (Fsp3) is 0.607. The molecule has 2 unspecified atom stereocenters. The van der Waals surface area contributed by atoms with E-state index in [1.165, 1.54) is 6.07 Å². The van der Waals surface area contributed by atoms with Crippen LogP contribution in [0.2, 0.25) is 0 Å². The van der Waals surface area contributed by atoms with Crippen molar-refractivity contribution in [2.75, 3.05) is 52.4 Å². The number of carbonyl (C=O) groups is 3. The summed E-state index contributed by atoms with van der Waals surface area (Å²) in [6.45, 7) is 6.31. The highest BCUT2D eigenvalue weighted by Gasteiger charge is 2.41. The highest BCUT2D eigenvalue weighted by atomic mass is 35.5. The number of carbonyl (C=O) groups excluding carboxylic acids is 3. The number of ketones is 1. The predicted molar refractivity (Wildman–Crippen MR) is 157 cm³/mol. The van der Waals surface area contributed by atoms with Crippen molar-refractivity contribution in [3.8, 4) is 0 Å². The smallest absolute Gasteiger partial charge is 0.305 e. The summed E-state index contributed by atoms with van der Waals surface area (Å²) in [6.07, 6.45) is 5.64. The molecule has 2 heterocycles. The van der Waals surface area contributed by atoms with Crippen LogP contribution in [0.15, 0.2) is 35.9 Å². The molecule has 1 saturated carbocycles. The number of amides is 1. The van der Waals surface area contributed by atoms with Gasteiger partial charge in [0.1, 0.15) is 5.82 Å². The molecule has 0 bridgehead atoms. The van der Waals surface area contributed by atoms with Crippen LogP contribution in [0.25, 0.3) is 0 Å². The van der Waals surface area contributed by atoms with E-state index in [0.717, 1.165) is 31.4 Å². The zero-order valence-electron chi connectivity index (χ0n) is 22.4. The lowest BCUT2D eigenvalue weighted by Gasteiger charge is -2.38. The van der Waals surface area contributed by atoms with E-state index < -0.39 is 6.04 Å². The van der Waals surface area contributed by atoms with Crippen LogP contribution in [0.3, 0.4) is 0 Å². The maximum Gasteiger partial charge on any atom is 0.305 e. The molecule has 3 aliphatic rings. The van der Waals surface area contributed by atoms with Gasteiger partial charge in [0, 0.05) is 55.9 Å². The van der Waals surface area contributed by atoms with Crippen LogP contribution in [0.1, 0.15) is 50.6 Å². The maximum atomic E-state index is 14.8. The molecule has 4 rings (SSSR count). The Morgan fingerprint density at radius 3 is 2.54 bits per heavy atom. The van der Waals surface area contributed by atoms with Gasteiger partial charge in [0.25, 0.3) is 0 Å².